The first-order valence-electron chi connectivity index (χ1n) is 6.07. The predicted molar refractivity (Wildman–Crippen MR) is 76.8 cm³/mol. The maximum Gasteiger partial charge on any atom is 0.295 e. The minimum absolute atomic E-state index is 0.125. The highest BCUT2D eigenvalue weighted by atomic mass is 32.1. The molecule has 0 spiro atoms. The van der Waals surface area contributed by atoms with Gasteiger partial charge in [-0.15, -0.1) is 11.3 Å². The lowest BCUT2D eigenvalue weighted by molar-refractivity contribution is -0.384. The molecule has 1 heterocycles. The van der Waals surface area contributed by atoms with Crippen LogP contribution in [0.5, 0.6) is 0 Å². The van der Waals surface area contributed by atoms with Crippen LogP contribution in [0.1, 0.15) is 23.4 Å². The smallest absolute Gasteiger partial charge is 0.295 e. The summed E-state index contributed by atoms with van der Waals surface area (Å²) >= 11 is 1.54. The molecule has 0 aliphatic carbocycles. The van der Waals surface area contributed by atoms with Crippen molar-refractivity contribution in [3.05, 3.63) is 50.2 Å². The largest absolute Gasteiger partial charge is 0.379 e. The van der Waals surface area contributed by atoms with Crippen molar-refractivity contribution in [2.45, 2.75) is 19.8 Å². The van der Waals surface area contributed by atoms with Crippen LogP contribution in [0.2, 0.25) is 0 Å². The van der Waals surface area contributed by atoms with Gasteiger partial charge in [0.25, 0.3) is 5.69 Å². The standard InChI is InChI=1S/C13H14FN3O2S/c1-8-5-11(12(17(18)19)6-10(8)14)16-7-9(2)13-15-3-4-20-13/h3-6,9,16H,7H2,1-2H3. The van der Waals surface area contributed by atoms with Crippen LogP contribution in [0.25, 0.3) is 0 Å². The summed E-state index contributed by atoms with van der Waals surface area (Å²) < 4.78 is 13.4. The van der Waals surface area contributed by atoms with Gasteiger partial charge in [0.15, 0.2) is 0 Å². The normalized spacial score (nSPS) is 12.2. The topological polar surface area (TPSA) is 68.1 Å². The van der Waals surface area contributed by atoms with Gasteiger partial charge in [-0.1, -0.05) is 6.92 Å². The highest BCUT2D eigenvalue weighted by molar-refractivity contribution is 7.09. The molecule has 0 aliphatic heterocycles. The maximum absolute atomic E-state index is 13.4. The van der Waals surface area contributed by atoms with Crippen LogP contribution in [0.4, 0.5) is 15.8 Å². The maximum atomic E-state index is 13.4. The summed E-state index contributed by atoms with van der Waals surface area (Å²) in [6.07, 6.45) is 1.72. The Balaban J connectivity index is 2.16. The molecule has 20 heavy (non-hydrogen) atoms. The van der Waals surface area contributed by atoms with Crippen LogP contribution in [-0.2, 0) is 0 Å². The van der Waals surface area contributed by atoms with Crippen molar-refractivity contribution in [3.8, 4) is 0 Å². The Hall–Kier alpha value is -2.02. The van der Waals surface area contributed by atoms with Gasteiger partial charge in [0.2, 0.25) is 0 Å². The number of benzene rings is 1. The molecule has 2 rings (SSSR count). The molecule has 7 heteroatoms. The molecule has 0 bridgehead atoms. The van der Waals surface area contributed by atoms with E-state index in [1.54, 1.807) is 13.1 Å². The number of anilines is 1. The van der Waals surface area contributed by atoms with Crippen molar-refractivity contribution in [2.24, 2.45) is 0 Å². The first-order valence-corrected chi connectivity index (χ1v) is 6.94. The van der Waals surface area contributed by atoms with Crippen molar-refractivity contribution < 1.29 is 9.31 Å². The third-order valence-electron chi connectivity index (χ3n) is 2.95. The quantitative estimate of drug-likeness (QED) is 0.674. The lowest BCUT2D eigenvalue weighted by Crippen LogP contribution is -2.11. The van der Waals surface area contributed by atoms with Crippen molar-refractivity contribution in [1.29, 1.82) is 0 Å². The summed E-state index contributed by atoms with van der Waals surface area (Å²) in [4.78, 5) is 14.6. The summed E-state index contributed by atoms with van der Waals surface area (Å²) in [5, 5.41) is 16.8. The number of rotatable bonds is 5. The van der Waals surface area contributed by atoms with Crippen LogP contribution < -0.4 is 5.32 Å². The van der Waals surface area contributed by atoms with Gasteiger partial charge < -0.3 is 5.32 Å². The summed E-state index contributed by atoms with van der Waals surface area (Å²) in [6, 6.07) is 2.41. The zero-order chi connectivity index (χ0) is 14.7. The van der Waals surface area contributed by atoms with Gasteiger partial charge in [-0.3, -0.25) is 10.1 Å². The molecular formula is C13H14FN3O2S. The molecule has 0 amide bonds. The van der Waals surface area contributed by atoms with Crippen molar-refractivity contribution in [1.82, 2.24) is 4.98 Å². The number of aromatic nitrogens is 1. The molecule has 1 unspecified atom stereocenters. The van der Waals surface area contributed by atoms with Crippen molar-refractivity contribution in [3.63, 3.8) is 0 Å². The lowest BCUT2D eigenvalue weighted by Gasteiger charge is -2.12. The molecule has 2 aromatic rings. The number of thiazole rings is 1. The van der Waals surface area contributed by atoms with Gasteiger partial charge in [-0.2, -0.15) is 0 Å². The van der Waals surface area contributed by atoms with E-state index in [2.05, 4.69) is 10.3 Å². The molecule has 0 aliphatic rings. The Morgan fingerprint density at radius 2 is 2.30 bits per heavy atom. The number of hydrogen-bond acceptors (Lipinski definition) is 5. The third-order valence-corrected chi connectivity index (χ3v) is 3.95. The predicted octanol–water partition coefficient (Wildman–Crippen LogP) is 3.71. The van der Waals surface area contributed by atoms with Crippen LogP contribution in [0.3, 0.4) is 0 Å². The Morgan fingerprint density at radius 1 is 1.55 bits per heavy atom. The molecular weight excluding hydrogens is 281 g/mol. The number of nitro groups is 1. The van der Waals surface area contributed by atoms with Crippen LogP contribution in [0, 0.1) is 22.9 Å². The first kappa shape index (κ1) is 14.4. The van der Waals surface area contributed by atoms with E-state index in [0.29, 0.717) is 17.8 Å². The second kappa shape index (κ2) is 5.96. The van der Waals surface area contributed by atoms with Crippen LogP contribution in [-0.4, -0.2) is 16.5 Å². The highest BCUT2D eigenvalue weighted by Crippen LogP contribution is 2.28. The van der Waals surface area contributed by atoms with E-state index < -0.39 is 10.7 Å². The Bertz CT molecular complexity index is 616. The first-order chi connectivity index (χ1) is 9.49. The van der Waals surface area contributed by atoms with Gasteiger partial charge in [-0.25, -0.2) is 9.37 Å². The monoisotopic (exact) mass is 295 g/mol. The van der Waals surface area contributed by atoms with E-state index in [1.807, 2.05) is 12.3 Å². The Labute approximate surface area is 119 Å². The van der Waals surface area contributed by atoms with Crippen LogP contribution >= 0.6 is 11.3 Å². The van der Waals surface area contributed by atoms with E-state index in [4.69, 9.17) is 0 Å². The molecule has 1 atom stereocenters. The Kier molecular flexibility index (Phi) is 4.29. The summed E-state index contributed by atoms with van der Waals surface area (Å²) in [7, 11) is 0. The minimum atomic E-state index is -0.584. The van der Waals surface area contributed by atoms with Gasteiger partial charge in [-0.05, 0) is 18.6 Å². The number of nitro benzene ring substituents is 1. The SMILES string of the molecule is Cc1cc(NCC(C)c2nccs2)c([N+](=O)[O-])cc1F. The second-order valence-corrected chi connectivity index (χ2v) is 5.45. The number of halogens is 1. The van der Waals surface area contributed by atoms with Gasteiger partial charge >= 0.3 is 0 Å². The molecule has 1 aromatic carbocycles. The fourth-order valence-electron chi connectivity index (χ4n) is 1.79. The van der Waals surface area contributed by atoms with E-state index in [-0.39, 0.29) is 11.6 Å². The average Bonchev–Trinajstić information content (AvgIpc) is 2.93. The fraction of sp³-hybridized carbons (Fsp3) is 0.308. The summed E-state index contributed by atoms with van der Waals surface area (Å²) in [6.45, 7) is 4.06. The molecule has 5 nitrogen and oxygen atoms in total. The van der Waals surface area contributed by atoms with E-state index in [0.717, 1.165) is 11.1 Å². The number of hydrogen-bond donors (Lipinski definition) is 1. The molecule has 106 valence electrons. The third kappa shape index (κ3) is 3.11. The molecule has 1 N–H and O–H groups in total. The number of nitrogens with zero attached hydrogens (tertiary/aromatic N) is 2. The molecule has 0 saturated carbocycles. The van der Waals surface area contributed by atoms with Crippen molar-refractivity contribution in [2.75, 3.05) is 11.9 Å². The molecule has 0 radical (unpaired) electrons. The molecule has 0 saturated heterocycles. The zero-order valence-electron chi connectivity index (χ0n) is 11.1. The summed E-state index contributed by atoms with van der Waals surface area (Å²) in [5.41, 5.74) is 0.455. The van der Waals surface area contributed by atoms with E-state index in [9.17, 15) is 14.5 Å². The Morgan fingerprint density at radius 3 is 2.90 bits per heavy atom. The van der Waals surface area contributed by atoms with Gasteiger partial charge in [0.05, 0.1) is 16.0 Å². The second-order valence-electron chi connectivity index (χ2n) is 4.53. The minimum Gasteiger partial charge on any atom is -0.379 e. The van der Waals surface area contributed by atoms with Crippen LogP contribution in [0.15, 0.2) is 23.7 Å². The number of nitrogens with one attached hydrogen (secondary N) is 1. The molecule has 1 aromatic heterocycles. The van der Waals surface area contributed by atoms with E-state index >= 15 is 0 Å². The average molecular weight is 295 g/mol. The number of aryl methyl sites for hydroxylation is 1. The van der Waals surface area contributed by atoms with E-state index in [1.165, 1.54) is 17.4 Å². The summed E-state index contributed by atoms with van der Waals surface area (Å²) in [5.74, 6) is -0.449. The molecule has 0 fully saturated rings. The van der Waals surface area contributed by atoms with Crippen molar-refractivity contribution >= 4 is 22.7 Å². The zero-order valence-corrected chi connectivity index (χ0v) is 11.9. The van der Waals surface area contributed by atoms with Gasteiger partial charge in [0, 0.05) is 24.0 Å². The lowest BCUT2D eigenvalue weighted by atomic mass is 10.1. The van der Waals surface area contributed by atoms with Gasteiger partial charge in [0.1, 0.15) is 11.5 Å². The fourth-order valence-corrected chi connectivity index (χ4v) is 2.49. The highest BCUT2D eigenvalue weighted by Gasteiger charge is 2.18.